The van der Waals surface area contributed by atoms with E-state index >= 15 is 0 Å². The summed E-state index contributed by atoms with van der Waals surface area (Å²) in [6, 6.07) is 12.2. The molecule has 3 amide bonds. The van der Waals surface area contributed by atoms with E-state index in [4.69, 9.17) is 0 Å². The molecule has 3 rings (SSSR count). The van der Waals surface area contributed by atoms with Gasteiger partial charge in [-0.25, -0.2) is 4.90 Å². The third-order valence-corrected chi connectivity index (χ3v) is 4.97. The zero-order valence-electron chi connectivity index (χ0n) is 17.5. The molecule has 0 saturated heterocycles. The molecule has 0 saturated carbocycles. The number of anilines is 2. The number of aryl methyl sites for hydroxylation is 2. The van der Waals surface area contributed by atoms with E-state index in [2.05, 4.69) is 5.32 Å². The van der Waals surface area contributed by atoms with Crippen LogP contribution in [0.1, 0.15) is 23.6 Å². The maximum atomic E-state index is 13.4. The quantitative estimate of drug-likeness (QED) is 0.718. The second-order valence-corrected chi connectivity index (χ2v) is 7.36. The van der Waals surface area contributed by atoms with Gasteiger partial charge in [0.25, 0.3) is 11.8 Å². The summed E-state index contributed by atoms with van der Waals surface area (Å²) >= 11 is 0. The maximum Gasteiger partial charge on any atom is 0.282 e. The smallest absolute Gasteiger partial charge is 0.282 e. The number of imide groups is 1. The number of benzene rings is 2. The molecule has 7 nitrogen and oxygen atoms in total. The minimum Gasteiger partial charge on any atom is -0.395 e. The SMILES string of the molecule is CC(=O)Nc1ccc(N2C(=O)C(c3ccc(C)cc3C)=C(N(C)CCO)C2=O)cc1. The number of nitrogens with one attached hydrogen (secondary N) is 1. The summed E-state index contributed by atoms with van der Waals surface area (Å²) in [6.07, 6.45) is 0. The van der Waals surface area contributed by atoms with E-state index in [-0.39, 0.29) is 24.8 Å². The van der Waals surface area contributed by atoms with Crippen LogP contribution in [0.25, 0.3) is 5.57 Å². The van der Waals surface area contributed by atoms with Crippen LogP contribution in [-0.2, 0) is 14.4 Å². The first-order valence-electron chi connectivity index (χ1n) is 9.65. The Morgan fingerprint density at radius 3 is 2.30 bits per heavy atom. The first kappa shape index (κ1) is 21.3. The Morgan fingerprint density at radius 2 is 1.73 bits per heavy atom. The second-order valence-electron chi connectivity index (χ2n) is 7.36. The van der Waals surface area contributed by atoms with Gasteiger partial charge in [0.15, 0.2) is 0 Å². The molecule has 2 aromatic rings. The van der Waals surface area contributed by atoms with E-state index in [0.29, 0.717) is 22.5 Å². The Morgan fingerprint density at radius 1 is 1.07 bits per heavy atom. The maximum absolute atomic E-state index is 13.4. The topological polar surface area (TPSA) is 90.0 Å². The summed E-state index contributed by atoms with van der Waals surface area (Å²) in [5.41, 5.74) is 4.20. The van der Waals surface area contributed by atoms with E-state index in [9.17, 15) is 19.5 Å². The lowest BCUT2D eigenvalue weighted by atomic mass is 9.97. The summed E-state index contributed by atoms with van der Waals surface area (Å²) in [6.45, 7) is 5.35. The lowest BCUT2D eigenvalue weighted by Crippen LogP contribution is -2.34. The zero-order chi connectivity index (χ0) is 22.0. The summed E-state index contributed by atoms with van der Waals surface area (Å²) < 4.78 is 0. The van der Waals surface area contributed by atoms with E-state index in [0.717, 1.165) is 16.0 Å². The molecule has 2 N–H and O–H groups in total. The average molecular weight is 407 g/mol. The highest BCUT2D eigenvalue weighted by molar-refractivity contribution is 6.45. The molecule has 1 heterocycles. The van der Waals surface area contributed by atoms with Crippen molar-refractivity contribution in [2.75, 3.05) is 30.4 Å². The number of likely N-dealkylation sites (N-methyl/N-ethyl adjacent to an activating group) is 1. The standard InChI is InChI=1S/C23H25N3O4/c1-14-5-10-19(15(2)13-14)20-21(25(4)11-12-27)23(30)26(22(20)29)18-8-6-17(7-9-18)24-16(3)28/h5-10,13,27H,11-12H2,1-4H3,(H,24,28). The molecule has 30 heavy (non-hydrogen) atoms. The van der Waals surface area contributed by atoms with Crippen molar-refractivity contribution in [3.8, 4) is 0 Å². The molecule has 0 spiro atoms. The number of carbonyl (C=O) groups excluding carboxylic acids is 3. The molecule has 0 aromatic heterocycles. The lowest BCUT2D eigenvalue weighted by Gasteiger charge is -2.20. The number of carbonyl (C=O) groups is 3. The highest BCUT2D eigenvalue weighted by Crippen LogP contribution is 2.36. The Bertz CT molecular complexity index is 1040. The van der Waals surface area contributed by atoms with Crippen molar-refractivity contribution in [3.05, 3.63) is 64.9 Å². The van der Waals surface area contributed by atoms with E-state index in [1.807, 2.05) is 32.0 Å². The van der Waals surface area contributed by atoms with Crippen molar-refractivity contribution < 1.29 is 19.5 Å². The Kier molecular flexibility index (Phi) is 6.03. The van der Waals surface area contributed by atoms with Crippen LogP contribution in [0.5, 0.6) is 0 Å². The highest BCUT2D eigenvalue weighted by Gasteiger charge is 2.42. The van der Waals surface area contributed by atoms with Gasteiger partial charge in [0.05, 0.1) is 17.9 Å². The Balaban J connectivity index is 2.07. The van der Waals surface area contributed by atoms with Gasteiger partial charge in [-0.05, 0) is 49.2 Å². The fourth-order valence-electron chi connectivity index (χ4n) is 3.60. The largest absolute Gasteiger partial charge is 0.395 e. The molecule has 7 heteroatoms. The number of rotatable bonds is 6. The first-order chi connectivity index (χ1) is 14.2. The first-order valence-corrected chi connectivity index (χ1v) is 9.65. The minimum atomic E-state index is -0.446. The number of nitrogens with zero attached hydrogens (tertiary/aromatic N) is 2. The normalized spacial score (nSPS) is 13.8. The van der Waals surface area contributed by atoms with Crippen molar-refractivity contribution in [1.29, 1.82) is 0 Å². The summed E-state index contributed by atoms with van der Waals surface area (Å²) in [5, 5.41) is 12.0. The molecule has 0 atom stereocenters. The molecule has 0 radical (unpaired) electrons. The van der Waals surface area contributed by atoms with Crippen LogP contribution >= 0.6 is 0 Å². The van der Waals surface area contributed by atoms with Crippen LogP contribution in [0.4, 0.5) is 11.4 Å². The average Bonchev–Trinajstić information content (AvgIpc) is 2.93. The van der Waals surface area contributed by atoms with Crippen molar-refractivity contribution in [3.63, 3.8) is 0 Å². The molecule has 2 aromatic carbocycles. The monoisotopic (exact) mass is 407 g/mol. The van der Waals surface area contributed by atoms with E-state index in [1.165, 1.54) is 6.92 Å². The number of aliphatic hydroxyl groups is 1. The van der Waals surface area contributed by atoms with Gasteiger partial charge in [-0.1, -0.05) is 23.8 Å². The van der Waals surface area contributed by atoms with Crippen LogP contribution in [0.3, 0.4) is 0 Å². The third-order valence-electron chi connectivity index (χ3n) is 4.97. The van der Waals surface area contributed by atoms with Gasteiger partial charge < -0.3 is 15.3 Å². The van der Waals surface area contributed by atoms with Crippen LogP contribution < -0.4 is 10.2 Å². The highest BCUT2D eigenvalue weighted by atomic mass is 16.3. The summed E-state index contributed by atoms with van der Waals surface area (Å²) in [5.74, 6) is -1.07. The van der Waals surface area contributed by atoms with Gasteiger partial charge in [0.2, 0.25) is 5.91 Å². The molecule has 0 aliphatic carbocycles. The molecular formula is C23H25N3O4. The van der Waals surface area contributed by atoms with Gasteiger partial charge in [0, 0.05) is 26.2 Å². The molecular weight excluding hydrogens is 382 g/mol. The predicted molar refractivity (Wildman–Crippen MR) is 116 cm³/mol. The van der Waals surface area contributed by atoms with Gasteiger partial charge in [0.1, 0.15) is 5.70 Å². The summed E-state index contributed by atoms with van der Waals surface area (Å²) in [4.78, 5) is 40.7. The van der Waals surface area contributed by atoms with E-state index in [1.54, 1.807) is 36.2 Å². The van der Waals surface area contributed by atoms with E-state index < -0.39 is 11.8 Å². The Labute approximate surface area is 175 Å². The van der Waals surface area contributed by atoms with Crippen molar-refractivity contribution in [1.82, 2.24) is 4.90 Å². The van der Waals surface area contributed by atoms with Gasteiger partial charge in [-0.3, -0.25) is 14.4 Å². The van der Waals surface area contributed by atoms with Crippen LogP contribution in [-0.4, -0.2) is 47.9 Å². The second kappa shape index (κ2) is 8.51. The molecule has 0 bridgehead atoms. The van der Waals surface area contributed by atoms with Crippen LogP contribution in [0.2, 0.25) is 0 Å². The fraction of sp³-hybridized carbons (Fsp3) is 0.261. The van der Waals surface area contributed by atoms with Crippen LogP contribution in [0.15, 0.2) is 48.2 Å². The molecule has 1 aliphatic rings. The number of amides is 3. The van der Waals surface area contributed by atoms with Gasteiger partial charge in [-0.2, -0.15) is 0 Å². The number of hydrogen-bond acceptors (Lipinski definition) is 5. The van der Waals surface area contributed by atoms with Gasteiger partial charge >= 0.3 is 0 Å². The Hall–Kier alpha value is -3.45. The lowest BCUT2D eigenvalue weighted by molar-refractivity contribution is -0.120. The predicted octanol–water partition coefficient (Wildman–Crippen LogP) is 2.47. The number of aliphatic hydroxyl groups excluding tert-OH is 1. The van der Waals surface area contributed by atoms with Crippen LogP contribution in [0, 0.1) is 13.8 Å². The molecule has 0 unspecified atom stereocenters. The molecule has 1 aliphatic heterocycles. The van der Waals surface area contributed by atoms with Crippen molar-refractivity contribution >= 4 is 34.7 Å². The zero-order valence-corrected chi connectivity index (χ0v) is 17.5. The number of hydrogen-bond donors (Lipinski definition) is 2. The minimum absolute atomic E-state index is 0.146. The fourth-order valence-corrected chi connectivity index (χ4v) is 3.60. The molecule has 0 fully saturated rings. The summed E-state index contributed by atoms with van der Waals surface area (Å²) in [7, 11) is 1.68. The third kappa shape index (κ3) is 3.97. The molecule has 156 valence electrons. The van der Waals surface area contributed by atoms with Crippen molar-refractivity contribution in [2.45, 2.75) is 20.8 Å². The van der Waals surface area contributed by atoms with Crippen molar-refractivity contribution in [2.24, 2.45) is 0 Å². The van der Waals surface area contributed by atoms with Gasteiger partial charge in [-0.15, -0.1) is 0 Å².